The third-order valence-corrected chi connectivity index (χ3v) is 7.01. The Morgan fingerprint density at radius 2 is 1.97 bits per heavy atom. The average Bonchev–Trinajstić information content (AvgIpc) is 2.88. The van der Waals surface area contributed by atoms with Gasteiger partial charge in [-0.3, -0.25) is 4.79 Å². The van der Waals surface area contributed by atoms with Crippen molar-refractivity contribution in [3.8, 4) is 11.4 Å². The molecule has 9 nitrogen and oxygen atoms in total. The fourth-order valence-electron chi connectivity index (χ4n) is 5.13. The molecule has 1 aliphatic carbocycles. The standard InChI is InChI=1S/C27H34N6O3/c1-3-28-27(35)29-20-9-7-19(8-10-20)25-30-24-16-32(21-5-4-6-22(34)15-21)12-11-23(24)26(31-25)33-13-14-36-17-18(33)2/h7-10,15,18H,3-6,11-14,16-17H2,1-2H3,(H2,28,29,35)/t18-/m0/s1. The summed E-state index contributed by atoms with van der Waals surface area (Å²) in [6.45, 7) is 8.30. The highest BCUT2D eigenvalue weighted by Gasteiger charge is 2.30. The first-order chi connectivity index (χ1) is 17.5. The molecule has 3 aliphatic rings. The largest absolute Gasteiger partial charge is 0.377 e. The Kier molecular flexibility index (Phi) is 7.18. The van der Waals surface area contributed by atoms with Crippen LogP contribution < -0.4 is 15.5 Å². The van der Waals surface area contributed by atoms with Crippen molar-refractivity contribution in [2.45, 2.75) is 52.1 Å². The summed E-state index contributed by atoms with van der Waals surface area (Å²) in [5.74, 6) is 1.88. The molecule has 2 aromatic rings. The first kappa shape index (κ1) is 24.2. The summed E-state index contributed by atoms with van der Waals surface area (Å²) in [6, 6.07) is 7.63. The Hall–Kier alpha value is -3.46. The lowest BCUT2D eigenvalue weighted by atomic mass is 9.98. The van der Waals surface area contributed by atoms with Crippen molar-refractivity contribution in [2.24, 2.45) is 0 Å². The number of nitrogens with one attached hydrogen (secondary N) is 2. The topological polar surface area (TPSA) is 99.7 Å². The molecular weight excluding hydrogens is 456 g/mol. The van der Waals surface area contributed by atoms with Crippen LogP contribution in [0.3, 0.4) is 0 Å². The molecule has 0 spiro atoms. The van der Waals surface area contributed by atoms with E-state index in [2.05, 4.69) is 27.4 Å². The predicted octanol–water partition coefficient (Wildman–Crippen LogP) is 3.51. The van der Waals surface area contributed by atoms with E-state index in [1.807, 2.05) is 37.3 Å². The normalized spacial score (nSPS) is 20.0. The number of ether oxygens (including phenoxy) is 1. The van der Waals surface area contributed by atoms with Crippen molar-refractivity contribution in [1.82, 2.24) is 20.2 Å². The van der Waals surface area contributed by atoms with E-state index in [0.717, 1.165) is 55.1 Å². The predicted molar refractivity (Wildman–Crippen MR) is 139 cm³/mol. The summed E-state index contributed by atoms with van der Waals surface area (Å²) in [5.41, 5.74) is 4.94. The van der Waals surface area contributed by atoms with Crippen molar-refractivity contribution < 1.29 is 14.3 Å². The van der Waals surface area contributed by atoms with E-state index >= 15 is 0 Å². The van der Waals surface area contributed by atoms with Crippen LogP contribution in [0.1, 0.15) is 44.4 Å². The highest BCUT2D eigenvalue weighted by molar-refractivity contribution is 5.91. The quantitative estimate of drug-likeness (QED) is 0.662. The molecule has 1 aromatic carbocycles. The highest BCUT2D eigenvalue weighted by atomic mass is 16.5. The lowest BCUT2D eigenvalue weighted by molar-refractivity contribution is -0.115. The van der Waals surface area contributed by atoms with Gasteiger partial charge in [0.1, 0.15) is 5.82 Å². The number of rotatable bonds is 5. The number of hydrogen-bond acceptors (Lipinski definition) is 7. The number of amides is 2. The molecule has 190 valence electrons. The van der Waals surface area contributed by atoms with Crippen molar-refractivity contribution in [3.63, 3.8) is 0 Å². The fourth-order valence-corrected chi connectivity index (χ4v) is 5.13. The van der Waals surface area contributed by atoms with Gasteiger partial charge in [-0.05, 0) is 57.4 Å². The summed E-state index contributed by atoms with van der Waals surface area (Å²) >= 11 is 0. The monoisotopic (exact) mass is 490 g/mol. The van der Waals surface area contributed by atoms with Crippen LogP contribution in [-0.2, 0) is 22.5 Å². The Labute approximate surface area is 211 Å². The van der Waals surface area contributed by atoms with Gasteiger partial charge in [-0.25, -0.2) is 14.8 Å². The first-order valence-corrected chi connectivity index (χ1v) is 12.9. The Morgan fingerprint density at radius 3 is 2.72 bits per heavy atom. The number of hydrogen-bond donors (Lipinski definition) is 2. The van der Waals surface area contributed by atoms with Crippen molar-refractivity contribution in [1.29, 1.82) is 0 Å². The number of fused-ring (bicyclic) bond motifs is 1. The average molecular weight is 491 g/mol. The molecular formula is C27H34N6O3. The SMILES string of the molecule is CCNC(=O)Nc1ccc(-c2nc3c(c(N4CCOC[C@@H]4C)n2)CCN(C2=CC(=O)CCC2)C3)cc1. The summed E-state index contributed by atoms with van der Waals surface area (Å²) < 4.78 is 5.69. The molecule has 2 N–H and O–H groups in total. The molecule has 36 heavy (non-hydrogen) atoms. The second-order valence-corrected chi connectivity index (χ2v) is 9.60. The zero-order chi connectivity index (χ0) is 25.1. The van der Waals surface area contributed by atoms with Gasteiger partial charge in [0.25, 0.3) is 0 Å². The molecule has 1 fully saturated rings. The minimum atomic E-state index is -0.227. The minimum Gasteiger partial charge on any atom is -0.377 e. The molecule has 5 rings (SSSR count). The summed E-state index contributed by atoms with van der Waals surface area (Å²) in [4.78, 5) is 38.7. The van der Waals surface area contributed by atoms with Gasteiger partial charge < -0.3 is 25.2 Å². The second kappa shape index (κ2) is 10.7. The number of carbonyl (C=O) groups is 2. The zero-order valence-electron chi connectivity index (χ0n) is 21.0. The molecule has 1 atom stereocenters. The number of anilines is 2. The van der Waals surface area contributed by atoms with E-state index in [1.165, 1.54) is 5.56 Å². The number of urea groups is 1. The van der Waals surface area contributed by atoms with Crippen LogP contribution in [0.25, 0.3) is 11.4 Å². The van der Waals surface area contributed by atoms with E-state index in [4.69, 9.17) is 14.7 Å². The molecule has 9 heteroatoms. The maximum Gasteiger partial charge on any atom is 0.319 e. The molecule has 0 radical (unpaired) electrons. The number of morpholine rings is 1. The molecule has 2 aliphatic heterocycles. The van der Waals surface area contributed by atoms with Crippen molar-refractivity contribution in [2.75, 3.05) is 43.1 Å². The van der Waals surface area contributed by atoms with E-state index < -0.39 is 0 Å². The van der Waals surface area contributed by atoms with Crippen LogP contribution >= 0.6 is 0 Å². The first-order valence-electron chi connectivity index (χ1n) is 12.9. The van der Waals surface area contributed by atoms with Gasteiger partial charge in [0.05, 0.1) is 31.5 Å². The van der Waals surface area contributed by atoms with Crippen molar-refractivity contribution >= 4 is 23.3 Å². The van der Waals surface area contributed by atoms with Crippen LogP contribution in [0, 0.1) is 0 Å². The maximum atomic E-state index is 12.1. The van der Waals surface area contributed by atoms with Gasteiger partial charge in [0.15, 0.2) is 11.6 Å². The number of nitrogens with zero attached hydrogens (tertiary/aromatic N) is 4. The second-order valence-electron chi connectivity index (χ2n) is 9.60. The van der Waals surface area contributed by atoms with Gasteiger partial charge in [-0.1, -0.05) is 0 Å². The van der Waals surface area contributed by atoms with E-state index in [1.54, 1.807) is 0 Å². The van der Waals surface area contributed by atoms with Crippen LogP contribution in [0.5, 0.6) is 0 Å². The van der Waals surface area contributed by atoms with Gasteiger partial charge >= 0.3 is 6.03 Å². The van der Waals surface area contributed by atoms with Crippen LogP contribution in [0.2, 0.25) is 0 Å². The number of allylic oxidation sites excluding steroid dienone is 2. The van der Waals surface area contributed by atoms with Gasteiger partial charge in [-0.2, -0.15) is 0 Å². The number of carbonyl (C=O) groups excluding carboxylic acids is 2. The highest BCUT2D eigenvalue weighted by Crippen LogP contribution is 2.33. The molecule has 0 saturated carbocycles. The maximum absolute atomic E-state index is 12.1. The lowest BCUT2D eigenvalue weighted by Crippen LogP contribution is -2.45. The Morgan fingerprint density at radius 1 is 1.14 bits per heavy atom. The van der Waals surface area contributed by atoms with E-state index in [9.17, 15) is 9.59 Å². The molecule has 0 bridgehead atoms. The third kappa shape index (κ3) is 5.21. The molecule has 2 amide bonds. The van der Waals surface area contributed by atoms with Gasteiger partial charge in [0.2, 0.25) is 0 Å². The van der Waals surface area contributed by atoms with Gasteiger partial charge in [-0.15, -0.1) is 0 Å². The van der Waals surface area contributed by atoms with Crippen LogP contribution in [0.15, 0.2) is 36.0 Å². The smallest absolute Gasteiger partial charge is 0.319 e. The number of benzene rings is 1. The molecule has 1 aromatic heterocycles. The summed E-state index contributed by atoms with van der Waals surface area (Å²) in [7, 11) is 0. The number of ketones is 1. The molecule has 0 unspecified atom stereocenters. The molecule has 1 saturated heterocycles. The minimum absolute atomic E-state index is 0.217. The van der Waals surface area contributed by atoms with Gasteiger partial charge in [0, 0.05) is 54.6 Å². The number of aromatic nitrogens is 2. The van der Waals surface area contributed by atoms with Crippen LogP contribution in [0.4, 0.5) is 16.3 Å². The van der Waals surface area contributed by atoms with E-state index in [0.29, 0.717) is 44.2 Å². The lowest BCUT2D eigenvalue weighted by Gasteiger charge is -2.39. The Bertz CT molecular complexity index is 1160. The van der Waals surface area contributed by atoms with Crippen LogP contribution in [-0.4, -0.2) is 65.6 Å². The summed E-state index contributed by atoms with van der Waals surface area (Å²) in [6.07, 6.45) is 5.16. The third-order valence-electron chi connectivity index (χ3n) is 7.01. The zero-order valence-corrected chi connectivity index (χ0v) is 21.0. The summed E-state index contributed by atoms with van der Waals surface area (Å²) in [5, 5.41) is 5.57. The van der Waals surface area contributed by atoms with E-state index in [-0.39, 0.29) is 17.9 Å². The van der Waals surface area contributed by atoms with Crippen molar-refractivity contribution in [3.05, 3.63) is 47.3 Å². The Balaban J connectivity index is 1.48. The molecule has 3 heterocycles. The fraction of sp³-hybridized carbons (Fsp3) is 0.481.